The third-order valence-electron chi connectivity index (χ3n) is 1.83. The van der Waals surface area contributed by atoms with Gasteiger partial charge in [0.05, 0.1) is 0 Å². The molecule has 0 unspecified atom stereocenters. The van der Waals surface area contributed by atoms with E-state index in [0.29, 0.717) is 20.7 Å². The average molecular weight is 290 g/mol. The Hall–Kier alpha value is -0.111. The van der Waals surface area contributed by atoms with E-state index in [2.05, 4.69) is 22.0 Å². The third-order valence-corrected chi connectivity index (χ3v) is 4.58. The number of fused-ring (bicyclic) bond motifs is 1. The molecule has 0 aliphatic carbocycles. The maximum atomic E-state index is 11.4. The molecule has 12 heavy (non-hydrogen) atoms. The summed E-state index contributed by atoms with van der Waals surface area (Å²) in [6, 6.07) is 6.02. The van der Waals surface area contributed by atoms with Gasteiger partial charge in [-0.1, -0.05) is 0 Å². The normalized spacial score (nSPS) is 15.9. The average Bonchev–Trinajstić information content (AvgIpc) is 2.07. The molecule has 2 rings (SSSR count). The molecule has 1 heterocycles. The molecule has 0 fully saturated rings. The molecule has 0 radical (unpaired) electrons. The fourth-order valence-electron chi connectivity index (χ4n) is 1.23. The molecular weight excluding hydrogens is 283 g/mol. The Bertz CT molecular complexity index is 335. The molecule has 0 N–H and O–H groups in total. The molecule has 62 valence electrons. The van der Waals surface area contributed by atoms with Crippen LogP contribution < -0.4 is 4.46 Å². The van der Waals surface area contributed by atoms with Gasteiger partial charge in [0.15, 0.2) is 0 Å². The van der Waals surface area contributed by atoms with Gasteiger partial charge >= 0.3 is 85.9 Å². The van der Waals surface area contributed by atoms with Crippen LogP contribution in [-0.2, 0) is 0 Å². The van der Waals surface area contributed by atoms with Crippen molar-refractivity contribution in [3.8, 4) is 0 Å². The molecule has 0 bridgehead atoms. The number of halogens is 1. The van der Waals surface area contributed by atoms with Crippen LogP contribution in [-0.4, -0.2) is 20.7 Å². The van der Waals surface area contributed by atoms with Crippen LogP contribution in [0.2, 0.25) is 5.32 Å². The fourth-order valence-corrected chi connectivity index (χ4v) is 3.69. The molecule has 1 aromatic rings. The SMILES string of the molecule is O=C1CC[Se]c2ccc(Br)cc21. The Kier molecular flexibility index (Phi) is 2.35. The zero-order valence-electron chi connectivity index (χ0n) is 6.34. The van der Waals surface area contributed by atoms with Gasteiger partial charge in [-0.2, -0.15) is 0 Å². The predicted molar refractivity (Wildman–Crippen MR) is 53.3 cm³/mol. The van der Waals surface area contributed by atoms with Crippen molar-refractivity contribution in [2.75, 3.05) is 0 Å². The fraction of sp³-hybridized carbons (Fsp3) is 0.222. The molecule has 0 aromatic heterocycles. The van der Waals surface area contributed by atoms with E-state index in [-0.39, 0.29) is 0 Å². The van der Waals surface area contributed by atoms with Crippen LogP contribution in [0.4, 0.5) is 0 Å². The number of carbonyl (C=O) groups is 1. The molecule has 0 atom stereocenters. The number of hydrogen-bond acceptors (Lipinski definition) is 1. The number of ketones is 1. The zero-order valence-corrected chi connectivity index (χ0v) is 9.64. The summed E-state index contributed by atoms with van der Waals surface area (Å²) in [5, 5.41) is 1.07. The monoisotopic (exact) mass is 290 g/mol. The number of benzene rings is 1. The van der Waals surface area contributed by atoms with Gasteiger partial charge in [-0.25, -0.2) is 0 Å². The van der Waals surface area contributed by atoms with Crippen molar-refractivity contribution in [3.63, 3.8) is 0 Å². The summed E-state index contributed by atoms with van der Waals surface area (Å²) < 4.78 is 2.27. The Morgan fingerprint density at radius 1 is 1.42 bits per heavy atom. The quantitative estimate of drug-likeness (QED) is 0.666. The molecule has 1 aliphatic rings. The Morgan fingerprint density at radius 3 is 3.08 bits per heavy atom. The summed E-state index contributed by atoms with van der Waals surface area (Å²) in [5.41, 5.74) is 0.940. The number of rotatable bonds is 0. The van der Waals surface area contributed by atoms with Crippen molar-refractivity contribution in [1.29, 1.82) is 0 Å². The Balaban J connectivity index is 2.54. The second-order valence-corrected chi connectivity index (χ2v) is 5.96. The van der Waals surface area contributed by atoms with Crippen LogP contribution in [0.15, 0.2) is 22.7 Å². The first-order chi connectivity index (χ1) is 5.77. The van der Waals surface area contributed by atoms with E-state index >= 15 is 0 Å². The van der Waals surface area contributed by atoms with E-state index in [4.69, 9.17) is 0 Å². The minimum atomic E-state index is 0.305. The van der Waals surface area contributed by atoms with Gasteiger partial charge in [0.25, 0.3) is 0 Å². The van der Waals surface area contributed by atoms with Crippen LogP contribution >= 0.6 is 15.9 Å². The molecule has 1 aromatic carbocycles. The van der Waals surface area contributed by atoms with Gasteiger partial charge in [-0.3, -0.25) is 0 Å². The molecule has 0 amide bonds. The van der Waals surface area contributed by atoms with Crippen molar-refractivity contribution in [2.45, 2.75) is 11.7 Å². The van der Waals surface area contributed by atoms with Crippen molar-refractivity contribution in [2.24, 2.45) is 0 Å². The van der Waals surface area contributed by atoms with Crippen molar-refractivity contribution in [1.82, 2.24) is 0 Å². The van der Waals surface area contributed by atoms with E-state index in [0.717, 1.165) is 21.8 Å². The Morgan fingerprint density at radius 2 is 2.25 bits per heavy atom. The molecule has 0 saturated carbocycles. The molecule has 1 aliphatic heterocycles. The molecule has 3 heteroatoms. The van der Waals surface area contributed by atoms with E-state index in [1.165, 1.54) is 4.46 Å². The molecule has 1 nitrogen and oxygen atoms in total. The second kappa shape index (κ2) is 3.33. The number of Topliss-reactive ketones (excluding diaryl/α,β-unsaturated/α-hetero) is 1. The van der Waals surface area contributed by atoms with E-state index in [1.54, 1.807) is 0 Å². The van der Waals surface area contributed by atoms with Gasteiger partial charge in [-0.05, 0) is 0 Å². The van der Waals surface area contributed by atoms with Crippen LogP contribution in [0, 0.1) is 0 Å². The first kappa shape index (κ1) is 8.49. The number of carbonyl (C=O) groups excluding carboxylic acids is 1. The summed E-state index contributed by atoms with van der Waals surface area (Å²) >= 11 is 3.89. The summed E-state index contributed by atoms with van der Waals surface area (Å²) in [6.07, 6.45) is 0.740. The van der Waals surface area contributed by atoms with Gasteiger partial charge in [0.1, 0.15) is 0 Å². The van der Waals surface area contributed by atoms with Crippen molar-refractivity contribution in [3.05, 3.63) is 28.2 Å². The van der Waals surface area contributed by atoms with Gasteiger partial charge in [0.2, 0.25) is 0 Å². The second-order valence-electron chi connectivity index (χ2n) is 2.66. The summed E-state index contributed by atoms with van der Waals surface area (Å²) in [6.45, 7) is 0. The molecule has 0 saturated heterocycles. The standard InChI is InChI=1S/C9H7BrOSe/c10-6-1-2-9-7(5-6)8(11)3-4-12-9/h1-2,5H,3-4H2. The van der Waals surface area contributed by atoms with Crippen LogP contribution in [0.3, 0.4) is 0 Å². The van der Waals surface area contributed by atoms with Crippen LogP contribution in [0.1, 0.15) is 16.8 Å². The summed E-state index contributed by atoms with van der Waals surface area (Å²) in [5.74, 6) is 0.305. The summed E-state index contributed by atoms with van der Waals surface area (Å²) in [7, 11) is 0. The summed E-state index contributed by atoms with van der Waals surface area (Å²) in [4.78, 5) is 11.4. The first-order valence-corrected chi connectivity index (χ1v) is 6.59. The molecular formula is C9H7BrOSe. The van der Waals surface area contributed by atoms with E-state index in [1.807, 2.05) is 12.1 Å². The van der Waals surface area contributed by atoms with Gasteiger partial charge in [0, 0.05) is 0 Å². The topological polar surface area (TPSA) is 17.1 Å². The molecule has 0 spiro atoms. The predicted octanol–water partition coefficient (Wildman–Crippen LogP) is 1.78. The maximum absolute atomic E-state index is 11.4. The number of hydrogen-bond donors (Lipinski definition) is 0. The zero-order chi connectivity index (χ0) is 8.55. The van der Waals surface area contributed by atoms with Crippen LogP contribution in [0.25, 0.3) is 0 Å². The van der Waals surface area contributed by atoms with Gasteiger partial charge in [-0.15, -0.1) is 0 Å². The van der Waals surface area contributed by atoms with Gasteiger partial charge < -0.3 is 0 Å². The third kappa shape index (κ3) is 1.49. The van der Waals surface area contributed by atoms with Crippen LogP contribution in [0.5, 0.6) is 0 Å². The first-order valence-electron chi connectivity index (χ1n) is 3.73. The Labute approximate surface area is 85.8 Å². The van der Waals surface area contributed by atoms with E-state index in [9.17, 15) is 4.79 Å². The van der Waals surface area contributed by atoms with E-state index < -0.39 is 0 Å². The minimum absolute atomic E-state index is 0.305. The van der Waals surface area contributed by atoms with Crippen molar-refractivity contribution >= 4 is 41.1 Å². The van der Waals surface area contributed by atoms with Crippen molar-refractivity contribution < 1.29 is 4.79 Å².